The van der Waals surface area contributed by atoms with Gasteiger partial charge in [0, 0.05) is 11.4 Å². The maximum Gasteiger partial charge on any atom is 0.355 e. The Balaban J connectivity index is 1.77. The lowest BCUT2D eigenvalue weighted by Crippen LogP contribution is -2.28. The van der Waals surface area contributed by atoms with Crippen LogP contribution in [0.2, 0.25) is 0 Å². The van der Waals surface area contributed by atoms with Crippen LogP contribution >= 0.6 is 11.3 Å². The third kappa shape index (κ3) is 6.42. The van der Waals surface area contributed by atoms with Crippen molar-refractivity contribution in [3.63, 3.8) is 0 Å². The van der Waals surface area contributed by atoms with Crippen LogP contribution in [0.5, 0.6) is 11.5 Å². The van der Waals surface area contributed by atoms with E-state index in [1.54, 1.807) is 18.2 Å². The Morgan fingerprint density at radius 3 is 2.64 bits per heavy atom. The lowest BCUT2D eigenvalue weighted by atomic mass is 10.2. The molecule has 0 atom stereocenters. The quantitative estimate of drug-likeness (QED) is 0.710. The standard InChI is InChI=1S/C17H20N2O5S/c1-11(2)8-23-12-4-3-5-13(6-12)24-9-15(20)18-7-16-19-14(10-25-16)17(21)22/h3-6,10-11H,7-9H2,1-2H3,(H,18,20)(H,21,22). The maximum absolute atomic E-state index is 11.8. The molecule has 0 aliphatic heterocycles. The molecule has 1 amide bonds. The fourth-order valence-electron chi connectivity index (χ4n) is 1.78. The monoisotopic (exact) mass is 364 g/mol. The molecular weight excluding hydrogens is 344 g/mol. The molecule has 25 heavy (non-hydrogen) atoms. The minimum atomic E-state index is -1.09. The van der Waals surface area contributed by atoms with Crippen molar-refractivity contribution in [2.24, 2.45) is 5.92 Å². The predicted molar refractivity (Wildman–Crippen MR) is 93.2 cm³/mol. The molecule has 1 aromatic carbocycles. The van der Waals surface area contributed by atoms with Gasteiger partial charge >= 0.3 is 5.97 Å². The van der Waals surface area contributed by atoms with Crippen molar-refractivity contribution in [2.45, 2.75) is 20.4 Å². The summed E-state index contributed by atoms with van der Waals surface area (Å²) in [5.41, 5.74) is -0.0243. The summed E-state index contributed by atoms with van der Waals surface area (Å²) in [5.74, 6) is 0.245. The van der Waals surface area contributed by atoms with Crippen LogP contribution in [0.25, 0.3) is 0 Å². The van der Waals surface area contributed by atoms with Gasteiger partial charge in [-0.1, -0.05) is 19.9 Å². The minimum absolute atomic E-state index is 0.0243. The molecule has 2 rings (SSSR count). The number of ether oxygens (including phenoxy) is 2. The highest BCUT2D eigenvalue weighted by molar-refractivity contribution is 7.09. The zero-order valence-electron chi connectivity index (χ0n) is 14.0. The molecule has 1 aromatic heterocycles. The highest BCUT2D eigenvalue weighted by Gasteiger charge is 2.10. The first-order valence-corrected chi connectivity index (χ1v) is 8.62. The number of hydrogen-bond acceptors (Lipinski definition) is 6. The number of thiazole rings is 1. The number of carboxylic acids is 1. The van der Waals surface area contributed by atoms with Crippen molar-refractivity contribution in [1.82, 2.24) is 10.3 Å². The Morgan fingerprint density at radius 1 is 1.28 bits per heavy atom. The summed E-state index contributed by atoms with van der Waals surface area (Å²) >= 11 is 1.18. The van der Waals surface area contributed by atoms with Gasteiger partial charge in [-0.2, -0.15) is 0 Å². The van der Waals surface area contributed by atoms with E-state index in [4.69, 9.17) is 14.6 Å². The molecule has 0 aliphatic rings. The number of rotatable bonds is 9. The number of aromatic nitrogens is 1. The average Bonchev–Trinajstić information content (AvgIpc) is 3.06. The van der Waals surface area contributed by atoms with E-state index < -0.39 is 5.97 Å². The number of carboxylic acid groups (broad SMARTS) is 1. The Morgan fingerprint density at radius 2 is 2.00 bits per heavy atom. The molecule has 0 saturated carbocycles. The first-order chi connectivity index (χ1) is 11.9. The SMILES string of the molecule is CC(C)COc1cccc(OCC(=O)NCc2nc(C(=O)O)cs2)c1. The predicted octanol–water partition coefficient (Wildman–Crippen LogP) is 2.57. The van der Waals surface area contributed by atoms with Gasteiger partial charge in [-0.15, -0.1) is 11.3 Å². The van der Waals surface area contributed by atoms with Crippen LogP contribution in [-0.4, -0.2) is 35.2 Å². The highest BCUT2D eigenvalue weighted by Crippen LogP contribution is 2.20. The summed E-state index contributed by atoms with van der Waals surface area (Å²) in [4.78, 5) is 26.5. The Bertz CT molecular complexity index is 729. The van der Waals surface area contributed by atoms with Crippen molar-refractivity contribution >= 4 is 23.2 Å². The number of nitrogens with one attached hydrogen (secondary N) is 1. The molecule has 0 radical (unpaired) electrons. The normalized spacial score (nSPS) is 10.5. The van der Waals surface area contributed by atoms with Gasteiger partial charge in [0.1, 0.15) is 16.5 Å². The van der Waals surface area contributed by atoms with Gasteiger partial charge < -0.3 is 19.9 Å². The van der Waals surface area contributed by atoms with E-state index in [9.17, 15) is 9.59 Å². The number of carbonyl (C=O) groups excluding carboxylic acids is 1. The molecule has 0 spiro atoms. The van der Waals surface area contributed by atoms with Crippen molar-refractivity contribution < 1.29 is 24.2 Å². The molecule has 134 valence electrons. The third-order valence-electron chi connectivity index (χ3n) is 2.97. The largest absolute Gasteiger partial charge is 0.493 e. The first kappa shape index (κ1) is 18.7. The van der Waals surface area contributed by atoms with E-state index in [-0.39, 0.29) is 24.8 Å². The van der Waals surface area contributed by atoms with Crippen LogP contribution in [0.1, 0.15) is 29.3 Å². The van der Waals surface area contributed by atoms with E-state index in [2.05, 4.69) is 24.1 Å². The minimum Gasteiger partial charge on any atom is -0.493 e. The van der Waals surface area contributed by atoms with Crippen molar-refractivity contribution in [1.29, 1.82) is 0 Å². The smallest absolute Gasteiger partial charge is 0.355 e. The lowest BCUT2D eigenvalue weighted by molar-refractivity contribution is -0.123. The summed E-state index contributed by atoms with van der Waals surface area (Å²) in [6.07, 6.45) is 0. The molecule has 7 nitrogen and oxygen atoms in total. The average molecular weight is 364 g/mol. The van der Waals surface area contributed by atoms with Gasteiger partial charge in [-0.3, -0.25) is 4.79 Å². The van der Waals surface area contributed by atoms with E-state index >= 15 is 0 Å². The van der Waals surface area contributed by atoms with Gasteiger partial charge in [0.15, 0.2) is 12.3 Å². The maximum atomic E-state index is 11.8. The third-order valence-corrected chi connectivity index (χ3v) is 3.82. The van der Waals surface area contributed by atoms with Crippen LogP contribution in [0.4, 0.5) is 0 Å². The Hall–Kier alpha value is -2.61. The second-order valence-corrected chi connectivity index (χ2v) is 6.62. The molecule has 2 aromatic rings. The fourth-order valence-corrected chi connectivity index (χ4v) is 2.49. The first-order valence-electron chi connectivity index (χ1n) is 7.74. The zero-order chi connectivity index (χ0) is 18.2. The van der Waals surface area contributed by atoms with Gasteiger partial charge in [-0.05, 0) is 18.1 Å². The lowest BCUT2D eigenvalue weighted by Gasteiger charge is -2.11. The van der Waals surface area contributed by atoms with Crippen molar-refractivity contribution in [2.75, 3.05) is 13.2 Å². The number of nitrogens with zero attached hydrogens (tertiary/aromatic N) is 1. The van der Waals surface area contributed by atoms with Crippen LogP contribution in [0, 0.1) is 5.92 Å². The van der Waals surface area contributed by atoms with Crippen molar-refractivity contribution in [3.05, 3.63) is 40.3 Å². The molecule has 0 unspecified atom stereocenters. The molecule has 1 heterocycles. The topological polar surface area (TPSA) is 97.8 Å². The number of benzene rings is 1. The van der Waals surface area contributed by atoms with Gasteiger partial charge in [0.25, 0.3) is 5.91 Å². The van der Waals surface area contributed by atoms with Gasteiger partial charge in [0.2, 0.25) is 0 Å². The molecule has 0 aliphatic carbocycles. The molecule has 0 fully saturated rings. The zero-order valence-corrected chi connectivity index (χ0v) is 14.8. The highest BCUT2D eigenvalue weighted by atomic mass is 32.1. The summed E-state index contributed by atoms with van der Waals surface area (Å²) in [6.45, 7) is 4.75. The number of hydrogen-bond donors (Lipinski definition) is 2. The van der Waals surface area contributed by atoms with Gasteiger partial charge in [-0.25, -0.2) is 9.78 Å². The number of amides is 1. The molecular formula is C17H20N2O5S. The van der Waals surface area contributed by atoms with Crippen LogP contribution in [-0.2, 0) is 11.3 Å². The van der Waals surface area contributed by atoms with E-state index in [1.807, 2.05) is 6.07 Å². The molecule has 2 N–H and O–H groups in total. The molecule has 0 bridgehead atoms. The second-order valence-electron chi connectivity index (χ2n) is 5.68. The molecule has 8 heteroatoms. The van der Waals surface area contributed by atoms with Crippen molar-refractivity contribution in [3.8, 4) is 11.5 Å². The Labute approximate surface area is 149 Å². The fraction of sp³-hybridized carbons (Fsp3) is 0.353. The summed E-state index contributed by atoms with van der Waals surface area (Å²) < 4.78 is 11.1. The summed E-state index contributed by atoms with van der Waals surface area (Å²) in [7, 11) is 0. The van der Waals surface area contributed by atoms with Crippen LogP contribution < -0.4 is 14.8 Å². The van der Waals surface area contributed by atoms with E-state index in [0.29, 0.717) is 29.0 Å². The van der Waals surface area contributed by atoms with E-state index in [1.165, 1.54) is 16.7 Å². The van der Waals surface area contributed by atoms with E-state index in [0.717, 1.165) is 0 Å². The second kappa shape index (κ2) is 9.03. The van der Waals surface area contributed by atoms with Crippen LogP contribution in [0.15, 0.2) is 29.6 Å². The summed E-state index contributed by atoms with van der Waals surface area (Å²) in [6, 6.07) is 7.11. The van der Waals surface area contributed by atoms with Crippen LogP contribution in [0.3, 0.4) is 0 Å². The number of carbonyl (C=O) groups is 2. The Kier molecular flexibility index (Phi) is 6.76. The molecule has 0 saturated heterocycles. The van der Waals surface area contributed by atoms with Gasteiger partial charge in [0.05, 0.1) is 13.2 Å². The number of aromatic carboxylic acids is 1. The summed E-state index contributed by atoms with van der Waals surface area (Å²) in [5, 5.41) is 13.4.